The van der Waals surface area contributed by atoms with E-state index in [1.807, 2.05) is 57.2 Å². The Kier molecular flexibility index (Phi) is 5.56. The van der Waals surface area contributed by atoms with Crippen LogP contribution in [-0.4, -0.2) is 43.9 Å². The second-order valence-electron chi connectivity index (χ2n) is 8.33. The van der Waals surface area contributed by atoms with Crippen molar-refractivity contribution < 1.29 is 22.4 Å². The van der Waals surface area contributed by atoms with Gasteiger partial charge in [-0.3, -0.25) is 4.79 Å². The molecule has 164 valence electrons. The number of carbonyl (C=O) groups excluding carboxylic acids is 1. The Hall–Kier alpha value is -2.80. The lowest BCUT2D eigenvalue weighted by atomic mass is 10.0. The van der Waals surface area contributed by atoms with Crippen LogP contribution in [0.25, 0.3) is 11.0 Å². The van der Waals surface area contributed by atoms with Crippen molar-refractivity contribution in [1.29, 1.82) is 0 Å². The molecule has 1 saturated heterocycles. The van der Waals surface area contributed by atoms with E-state index in [2.05, 4.69) is 0 Å². The summed E-state index contributed by atoms with van der Waals surface area (Å²) in [5.74, 6) is 0.744. The summed E-state index contributed by atoms with van der Waals surface area (Å²) in [5, 5.41) is 0.909. The number of amides is 1. The number of rotatable bonds is 5. The molecular weight excluding hydrogens is 414 g/mol. The van der Waals surface area contributed by atoms with Crippen molar-refractivity contribution in [3.05, 3.63) is 64.4 Å². The third-order valence-electron chi connectivity index (χ3n) is 6.14. The van der Waals surface area contributed by atoms with Gasteiger partial charge in [0.15, 0.2) is 15.6 Å². The molecular formula is C24H27NO5S. The molecule has 0 N–H and O–H groups in total. The minimum atomic E-state index is -3.16. The fourth-order valence-electron chi connectivity index (χ4n) is 4.17. The first kappa shape index (κ1) is 21.4. The van der Waals surface area contributed by atoms with Crippen LogP contribution in [0.5, 0.6) is 5.75 Å². The fourth-order valence-corrected chi connectivity index (χ4v) is 5.90. The largest absolute Gasteiger partial charge is 0.497 e. The van der Waals surface area contributed by atoms with Crippen LogP contribution >= 0.6 is 0 Å². The first-order valence-corrected chi connectivity index (χ1v) is 12.2. The number of hydrogen-bond donors (Lipinski definition) is 0. The van der Waals surface area contributed by atoms with Gasteiger partial charge in [-0.15, -0.1) is 0 Å². The van der Waals surface area contributed by atoms with Crippen LogP contribution in [0.2, 0.25) is 0 Å². The quantitative estimate of drug-likeness (QED) is 0.593. The van der Waals surface area contributed by atoms with Crippen molar-refractivity contribution in [1.82, 2.24) is 4.90 Å². The zero-order valence-electron chi connectivity index (χ0n) is 18.3. The predicted molar refractivity (Wildman–Crippen MR) is 120 cm³/mol. The highest BCUT2D eigenvalue weighted by Crippen LogP contribution is 2.31. The van der Waals surface area contributed by atoms with Gasteiger partial charge in [0.1, 0.15) is 11.3 Å². The summed E-state index contributed by atoms with van der Waals surface area (Å²) in [6.45, 7) is 6.20. The van der Waals surface area contributed by atoms with Gasteiger partial charge in [0.2, 0.25) is 0 Å². The van der Waals surface area contributed by atoms with Crippen molar-refractivity contribution in [2.24, 2.45) is 0 Å². The summed E-state index contributed by atoms with van der Waals surface area (Å²) in [6.07, 6.45) is 0.426. The second-order valence-corrected chi connectivity index (χ2v) is 10.6. The van der Waals surface area contributed by atoms with Crippen molar-refractivity contribution >= 4 is 26.7 Å². The van der Waals surface area contributed by atoms with Crippen molar-refractivity contribution in [2.45, 2.75) is 39.8 Å². The number of carbonyl (C=O) groups is 1. The average molecular weight is 442 g/mol. The predicted octanol–water partition coefficient (Wildman–Crippen LogP) is 4.20. The summed E-state index contributed by atoms with van der Waals surface area (Å²) in [7, 11) is -1.57. The van der Waals surface area contributed by atoms with E-state index in [4.69, 9.17) is 9.15 Å². The maximum atomic E-state index is 13.7. The molecule has 3 aromatic rings. The van der Waals surface area contributed by atoms with Crippen LogP contribution < -0.4 is 4.74 Å². The van der Waals surface area contributed by atoms with Crippen molar-refractivity contribution in [3.8, 4) is 5.75 Å². The Morgan fingerprint density at radius 2 is 1.90 bits per heavy atom. The van der Waals surface area contributed by atoms with Gasteiger partial charge in [0, 0.05) is 23.5 Å². The van der Waals surface area contributed by atoms with Gasteiger partial charge < -0.3 is 14.1 Å². The SMILES string of the molecule is COc1cccc(CN(C(=O)c2oc3cc(C)c(C)cc3c2C)C2CCS(=O)(=O)C2)c1. The molecule has 0 spiro atoms. The maximum absolute atomic E-state index is 13.7. The Morgan fingerprint density at radius 3 is 2.58 bits per heavy atom. The van der Waals surface area contributed by atoms with E-state index < -0.39 is 9.84 Å². The Bertz CT molecular complexity index is 1260. The lowest BCUT2D eigenvalue weighted by Crippen LogP contribution is -2.40. The van der Waals surface area contributed by atoms with Gasteiger partial charge in [-0.05, 0) is 68.1 Å². The zero-order chi connectivity index (χ0) is 22.3. The van der Waals surface area contributed by atoms with Gasteiger partial charge in [0.25, 0.3) is 5.91 Å². The average Bonchev–Trinajstić information content (AvgIpc) is 3.25. The van der Waals surface area contributed by atoms with Crippen LogP contribution in [-0.2, 0) is 16.4 Å². The van der Waals surface area contributed by atoms with Gasteiger partial charge in [-0.2, -0.15) is 0 Å². The number of fused-ring (bicyclic) bond motifs is 1. The minimum Gasteiger partial charge on any atom is -0.497 e. The van der Waals surface area contributed by atoms with E-state index >= 15 is 0 Å². The fraction of sp³-hybridized carbons (Fsp3) is 0.375. The topological polar surface area (TPSA) is 76.8 Å². The lowest BCUT2D eigenvalue weighted by molar-refractivity contribution is 0.0649. The minimum absolute atomic E-state index is 0.0276. The van der Waals surface area contributed by atoms with Crippen molar-refractivity contribution in [2.75, 3.05) is 18.6 Å². The number of nitrogens with zero attached hydrogens (tertiary/aromatic N) is 1. The monoisotopic (exact) mass is 441 g/mol. The number of benzene rings is 2. The zero-order valence-corrected chi connectivity index (χ0v) is 19.1. The molecule has 1 fully saturated rings. The molecule has 1 unspecified atom stereocenters. The molecule has 2 aromatic carbocycles. The number of sulfone groups is 1. The number of hydrogen-bond acceptors (Lipinski definition) is 5. The molecule has 0 radical (unpaired) electrons. The smallest absolute Gasteiger partial charge is 0.290 e. The van der Waals surface area contributed by atoms with Gasteiger partial charge in [-0.1, -0.05) is 12.1 Å². The molecule has 31 heavy (non-hydrogen) atoms. The normalized spacial score (nSPS) is 17.7. The van der Waals surface area contributed by atoms with Gasteiger partial charge in [0.05, 0.1) is 18.6 Å². The Balaban J connectivity index is 1.75. The van der Waals surface area contributed by atoms with E-state index in [-0.39, 0.29) is 35.8 Å². The third kappa shape index (κ3) is 4.19. The molecule has 2 heterocycles. The molecule has 0 saturated carbocycles. The summed E-state index contributed by atoms with van der Waals surface area (Å²) in [6, 6.07) is 11.1. The highest BCUT2D eigenvalue weighted by atomic mass is 32.2. The number of ether oxygens (including phenoxy) is 1. The molecule has 6 nitrogen and oxygen atoms in total. The maximum Gasteiger partial charge on any atom is 0.290 e. The van der Waals surface area contributed by atoms with Gasteiger partial charge in [-0.25, -0.2) is 8.42 Å². The third-order valence-corrected chi connectivity index (χ3v) is 7.89. The summed E-state index contributed by atoms with van der Waals surface area (Å²) in [5.41, 5.74) is 4.54. The molecule has 7 heteroatoms. The molecule has 1 aliphatic heterocycles. The Morgan fingerprint density at radius 1 is 1.16 bits per heavy atom. The molecule has 1 amide bonds. The van der Waals surface area contributed by atoms with E-state index in [1.54, 1.807) is 12.0 Å². The van der Waals surface area contributed by atoms with Crippen molar-refractivity contribution in [3.63, 3.8) is 0 Å². The molecule has 0 aliphatic carbocycles. The summed E-state index contributed by atoms with van der Waals surface area (Å²) < 4.78 is 35.6. The lowest BCUT2D eigenvalue weighted by Gasteiger charge is -2.28. The molecule has 1 aromatic heterocycles. The standard InChI is InChI=1S/C24H27NO5S/c1-15-10-21-17(3)23(30-22(21)11-16(15)2)24(26)25(19-8-9-31(27,28)14-19)13-18-6-5-7-20(12-18)29-4/h5-7,10-12,19H,8-9,13-14H2,1-4H3. The highest BCUT2D eigenvalue weighted by Gasteiger charge is 2.36. The van der Waals surface area contributed by atoms with Crippen LogP contribution in [0.15, 0.2) is 40.8 Å². The first-order valence-electron chi connectivity index (χ1n) is 10.3. The molecule has 4 rings (SSSR count). The number of furan rings is 1. The first-order chi connectivity index (χ1) is 14.7. The summed E-state index contributed by atoms with van der Waals surface area (Å²) in [4.78, 5) is 15.3. The van der Waals surface area contributed by atoms with E-state index in [9.17, 15) is 13.2 Å². The number of methoxy groups -OCH3 is 1. The van der Waals surface area contributed by atoms with Crippen LogP contribution in [0.1, 0.15) is 39.2 Å². The highest BCUT2D eigenvalue weighted by molar-refractivity contribution is 7.91. The number of aryl methyl sites for hydroxylation is 3. The Labute approximate surface area is 182 Å². The second kappa shape index (κ2) is 8.04. The van der Waals surface area contributed by atoms with E-state index in [0.717, 1.165) is 27.6 Å². The molecule has 1 atom stereocenters. The van der Waals surface area contributed by atoms with E-state index in [1.165, 1.54) is 0 Å². The molecule has 1 aliphatic rings. The van der Waals surface area contributed by atoms with Gasteiger partial charge >= 0.3 is 0 Å². The van der Waals surface area contributed by atoms with Crippen LogP contribution in [0, 0.1) is 20.8 Å². The van der Waals surface area contributed by atoms with E-state index in [0.29, 0.717) is 17.8 Å². The van der Waals surface area contributed by atoms with Crippen LogP contribution in [0.3, 0.4) is 0 Å². The van der Waals surface area contributed by atoms with Crippen LogP contribution in [0.4, 0.5) is 0 Å². The molecule has 0 bridgehead atoms. The summed E-state index contributed by atoms with van der Waals surface area (Å²) >= 11 is 0.